The predicted octanol–water partition coefficient (Wildman–Crippen LogP) is 2.81. The second-order valence-corrected chi connectivity index (χ2v) is 4.71. The number of rotatable bonds is 5. The minimum Gasteiger partial charge on any atom is -0.299 e. The highest BCUT2D eigenvalue weighted by Crippen LogP contribution is 2.32. The van der Waals surface area contributed by atoms with Crippen LogP contribution in [-0.2, 0) is 0 Å². The summed E-state index contributed by atoms with van der Waals surface area (Å²) >= 11 is 0. The highest BCUT2D eigenvalue weighted by atomic mass is 19.4. The summed E-state index contributed by atoms with van der Waals surface area (Å²) in [5.41, 5.74) is 0. The Morgan fingerprint density at radius 3 is 2.25 bits per heavy atom. The fraction of sp³-hybridized carbons (Fsp3) is 0.909. The molecule has 0 heterocycles. The predicted molar refractivity (Wildman–Crippen MR) is 54.6 cm³/mol. The van der Waals surface area contributed by atoms with Gasteiger partial charge in [-0.15, -0.1) is 0 Å². The maximum Gasteiger partial charge on any atom is 0.405 e. The Morgan fingerprint density at radius 2 is 1.94 bits per heavy atom. The van der Waals surface area contributed by atoms with Crippen LogP contribution in [0.2, 0.25) is 0 Å². The van der Waals surface area contributed by atoms with Crippen LogP contribution in [0.1, 0.15) is 26.7 Å². The van der Waals surface area contributed by atoms with E-state index >= 15 is 0 Å². The van der Waals surface area contributed by atoms with Crippen LogP contribution in [0.15, 0.2) is 0 Å². The summed E-state index contributed by atoms with van der Waals surface area (Å²) in [6, 6.07) is 1.41. The molecule has 1 rings (SSSR count). The molecule has 1 aliphatic rings. The lowest BCUT2D eigenvalue weighted by Gasteiger charge is -2.29. The van der Waals surface area contributed by atoms with Gasteiger partial charge in [0.1, 0.15) is 0 Å². The zero-order valence-electron chi connectivity index (χ0n) is 9.59. The van der Waals surface area contributed by atoms with Crippen molar-refractivity contribution in [1.82, 2.24) is 4.90 Å². The van der Waals surface area contributed by atoms with Crippen molar-refractivity contribution in [1.29, 1.82) is 5.26 Å². The number of hydrogen-bond donors (Lipinski definition) is 0. The summed E-state index contributed by atoms with van der Waals surface area (Å²) in [5.74, 6) is -1.33. The maximum atomic E-state index is 12.4. The molecule has 0 amide bonds. The van der Waals surface area contributed by atoms with Crippen LogP contribution >= 0.6 is 0 Å². The molecule has 0 radical (unpaired) electrons. The molecule has 16 heavy (non-hydrogen) atoms. The van der Waals surface area contributed by atoms with Crippen LogP contribution in [-0.4, -0.2) is 30.2 Å². The average molecular weight is 234 g/mol. The molecule has 1 saturated carbocycles. The Balaban J connectivity index is 2.55. The average Bonchev–Trinajstić information content (AvgIpc) is 2.92. The first-order valence-electron chi connectivity index (χ1n) is 5.55. The van der Waals surface area contributed by atoms with Crippen molar-refractivity contribution >= 4 is 0 Å². The monoisotopic (exact) mass is 234 g/mol. The first kappa shape index (κ1) is 13.3. The van der Waals surface area contributed by atoms with E-state index in [1.54, 1.807) is 4.90 Å². The van der Waals surface area contributed by atoms with E-state index in [2.05, 4.69) is 0 Å². The standard InChI is InChI=1S/C11H17F3N2/c1-8(2)16(6-9-3-4-9)7-10(5-15)11(12,13)14/h8-10H,3-4,6-7H2,1-2H3. The largest absolute Gasteiger partial charge is 0.405 e. The van der Waals surface area contributed by atoms with Crippen molar-refractivity contribution in [2.45, 2.75) is 38.9 Å². The van der Waals surface area contributed by atoms with Gasteiger partial charge < -0.3 is 0 Å². The normalized spacial score (nSPS) is 18.9. The Labute approximate surface area is 94.0 Å². The Kier molecular flexibility index (Phi) is 4.20. The van der Waals surface area contributed by atoms with Gasteiger partial charge in [0, 0.05) is 19.1 Å². The molecule has 5 heteroatoms. The van der Waals surface area contributed by atoms with Gasteiger partial charge in [-0.05, 0) is 32.6 Å². The van der Waals surface area contributed by atoms with Crippen LogP contribution in [0.3, 0.4) is 0 Å². The van der Waals surface area contributed by atoms with Crippen molar-refractivity contribution in [3.63, 3.8) is 0 Å². The lowest BCUT2D eigenvalue weighted by atomic mass is 10.1. The quantitative estimate of drug-likeness (QED) is 0.731. The van der Waals surface area contributed by atoms with Gasteiger partial charge in [-0.1, -0.05) is 0 Å². The number of halogens is 3. The van der Waals surface area contributed by atoms with Crippen molar-refractivity contribution in [2.24, 2.45) is 11.8 Å². The van der Waals surface area contributed by atoms with E-state index in [9.17, 15) is 13.2 Å². The summed E-state index contributed by atoms with van der Waals surface area (Å²) in [6.07, 6.45) is -2.20. The van der Waals surface area contributed by atoms with E-state index in [4.69, 9.17) is 5.26 Å². The van der Waals surface area contributed by atoms with Gasteiger partial charge in [0.15, 0.2) is 5.92 Å². The van der Waals surface area contributed by atoms with Crippen LogP contribution in [0.4, 0.5) is 13.2 Å². The number of nitrogens with zero attached hydrogens (tertiary/aromatic N) is 2. The van der Waals surface area contributed by atoms with Gasteiger partial charge in [0.2, 0.25) is 0 Å². The van der Waals surface area contributed by atoms with E-state index in [-0.39, 0.29) is 12.6 Å². The van der Waals surface area contributed by atoms with Gasteiger partial charge in [0.25, 0.3) is 0 Å². The Hall–Kier alpha value is -0.760. The minimum atomic E-state index is -4.41. The lowest BCUT2D eigenvalue weighted by molar-refractivity contribution is -0.164. The summed E-state index contributed by atoms with van der Waals surface area (Å²) in [5, 5.41) is 8.55. The second-order valence-electron chi connectivity index (χ2n) is 4.71. The molecule has 1 fully saturated rings. The number of hydrogen-bond acceptors (Lipinski definition) is 2. The molecule has 1 unspecified atom stereocenters. The fourth-order valence-electron chi connectivity index (χ4n) is 1.58. The third-order valence-corrected chi connectivity index (χ3v) is 2.89. The zero-order chi connectivity index (χ0) is 12.3. The fourth-order valence-corrected chi connectivity index (χ4v) is 1.58. The number of nitriles is 1. The topological polar surface area (TPSA) is 27.0 Å². The van der Waals surface area contributed by atoms with Crippen molar-refractivity contribution in [3.8, 4) is 6.07 Å². The minimum absolute atomic E-state index is 0.0544. The first-order chi connectivity index (χ1) is 7.34. The molecule has 0 aromatic heterocycles. The molecule has 1 atom stereocenters. The third kappa shape index (κ3) is 4.01. The zero-order valence-corrected chi connectivity index (χ0v) is 9.59. The Morgan fingerprint density at radius 1 is 1.38 bits per heavy atom. The third-order valence-electron chi connectivity index (χ3n) is 2.89. The molecule has 1 aliphatic carbocycles. The van der Waals surface area contributed by atoms with Gasteiger partial charge in [-0.25, -0.2) is 0 Å². The molecular formula is C11H17F3N2. The van der Waals surface area contributed by atoms with Gasteiger partial charge in [0.05, 0.1) is 6.07 Å². The molecule has 2 nitrogen and oxygen atoms in total. The molecule has 0 N–H and O–H groups in total. The van der Waals surface area contributed by atoms with Crippen molar-refractivity contribution < 1.29 is 13.2 Å². The molecular weight excluding hydrogens is 217 g/mol. The SMILES string of the molecule is CC(C)N(CC1CC1)CC(C#N)C(F)(F)F. The van der Waals surface area contributed by atoms with Crippen LogP contribution in [0.25, 0.3) is 0 Å². The van der Waals surface area contributed by atoms with E-state index in [1.807, 2.05) is 13.8 Å². The highest BCUT2D eigenvalue weighted by Gasteiger charge is 2.41. The first-order valence-corrected chi connectivity index (χ1v) is 5.55. The van der Waals surface area contributed by atoms with Crippen molar-refractivity contribution in [3.05, 3.63) is 0 Å². The van der Waals surface area contributed by atoms with Gasteiger partial charge in [-0.2, -0.15) is 18.4 Å². The molecule has 92 valence electrons. The van der Waals surface area contributed by atoms with Crippen LogP contribution < -0.4 is 0 Å². The highest BCUT2D eigenvalue weighted by molar-refractivity contribution is 4.92. The molecule has 0 aromatic rings. The summed E-state index contributed by atoms with van der Waals surface area (Å²) in [7, 11) is 0. The molecule has 0 bridgehead atoms. The number of alkyl halides is 3. The van der Waals surface area contributed by atoms with E-state index < -0.39 is 12.1 Å². The Bertz CT molecular complexity index is 263. The van der Waals surface area contributed by atoms with E-state index in [1.165, 1.54) is 6.07 Å². The van der Waals surface area contributed by atoms with Crippen LogP contribution in [0.5, 0.6) is 0 Å². The summed E-state index contributed by atoms with van der Waals surface area (Å²) in [4.78, 5) is 1.76. The van der Waals surface area contributed by atoms with Gasteiger partial charge in [-0.3, -0.25) is 4.90 Å². The smallest absolute Gasteiger partial charge is 0.299 e. The molecule has 0 aliphatic heterocycles. The molecule has 0 saturated heterocycles. The van der Waals surface area contributed by atoms with Crippen LogP contribution in [0, 0.1) is 23.2 Å². The second kappa shape index (κ2) is 5.05. The van der Waals surface area contributed by atoms with Gasteiger partial charge >= 0.3 is 6.18 Å². The maximum absolute atomic E-state index is 12.4. The van der Waals surface area contributed by atoms with E-state index in [0.717, 1.165) is 12.8 Å². The van der Waals surface area contributed by atoms with E-state index in [0.29, 0.717) is 12.5 Å². The summed E-state index contributed by atoms with van der Waals surface area (Å²) < 4.78 is 37.3. The molecule has 0 aromatic carbocycles. The summed E-state index contributed by atoms with van der Waals surface area (Å²) in [6.45, 7) is 4.22. The molecule has 0 spiro atoms. The van der Waals surface area contributed by atoms with Crippen molar-refractivity contribution in [2.75, 3.05) is 13.1 Å². The lowest BCUT2D eigenvalue weighted by Crippen LogP contribution is -2.40.